The predicted octanol–water partition coefficient (Wildman–Crippen LogP) is 2.21. The van der Waals surface area contributed by atoms with Gasteiger partial charge in [0.1, 0.15) is 6.29 Å². The molecule has 0 aromatic rings. The molecule has 0 bridgehead atoms. The molecule has 0 aliphatic rings. The summed E-state index contributed by atoms with van der Waals surface area (Å²) in [6.45, 7) is 9.28. The molecule has 0 amide bonds. The molecule has 0 fully saturated rings. The maximum atomic E-state index is 10.2. The average molecular weight is 175 g/mol. The van der Waals surface area contributed by atoms with Crippen LogP contribution in [-0.2, 0) is 9.22 Å². The van der Waals surface area contributed by atoms with Crippen molar-refractivity contribution in [3.05, 3.63) is 0 Å². The summed E-state index contributed by atoms with van der Waals surface area (Å²) in [4.78, 5) is 10.2. The number of hydrogen-bond acceptors (Lipinski definition) is 2. The van der Waals surface area contributed by atoms with Gasteiger partial charge in [0.05, 0.1) is 7.95 Å². The van der Waals surface area contributed by atoms with Gasteiger partial charge in [0, 0.05) is 0 Å². The van der Waals surface area contributed by atoms with Gasteiger partial charge in [0.15, 0.2) is 8.32 Å². The van der Waals surface area contributed by atoms with Crippen LogP contribution in [-0.4, -0.2) is 21.2 Å². The third-order valence-electron chi connectivity index (χ3n) is 2.22. The Balaban J connectivity index is 4.32. The zero-order chi connectivity index (χ0) is 9.99. The second kappa shape index (κ2) is 3.50. The van der Waals surface area contributed by atoms with Crippen LogP contribution in [0.15, 0.2) is 0 Å². The normalized spacial score (nSPS) is 17.4. The van der Waals surface area contributed by atoms with Crippen molar-refractivity contribution >= 4 is 14.6 Å². The van der Waals surface area contributed by atoms with Crippen LogP contribution in [0.5, 0.6) is 0 Å². The van der Waals surface area contributed by atoms with E-state index in [1.165, 1.54) is 0 Å². The molecule has 0 saturated carbocycles. The van der Waals surface area contributed by atoms with E-state index >= 15 is 0 Å². The summed E-state index contributed by atoms with van der Waals surface area (Å²) in [5.74, 6) is 0. The van der Waals surface area contributed by atoms with Crippen LogP contribution in [0.25, 0.3) is 0 Å². The molecule has 0 aliphatic heterocycles. The number of hydrogen-bond donors (Lipinski definition) is 0. The van der Waals surface area contributed by atoms with Crippen molar-refractivity contribution < 1.29 is 10.6 Å². The maximum absolute atomic E-state index is 10.2. The Bertz CT molecular complexity index is 163. The number of carbonyl (C=O) groups is 1. The molecule has 1 unspecified atom stereocenters. The second-order valence-electron chi connectivity index (χ2n) is 4.15. The largest absolute Gasteiger partial charge is 0.410 e. The first-order valence-corrected chi connectivity index (χ1v) is 6.67. The molecular formula is C8H18O2Si. The summed E-state index contributed by atoms with van der Waals surface area (Å²) in [5, 5.41) is 0.0648. The summed E-state index contributed by atoms with van der Waals surface area (Å²) in [6, 6.07) is 0. The molecular weight excluding hydrogens is 156 g/mol. The lowest BCUT2D eigenvalue weighted by molar-refractivity contribution is -0.109. The number of aldehydes is 1. The topological polar surface area (TPSA) is 26.3 Å². The molecule has 0 N–H and O–H groups in total. The molecule has 0 spiro atoms. The first-order chi connectivity index (χ1) is 5.20. The first-order valence-electron chi connectivity index (χ1n) is 4.34. The summed E-state index contributed by atoms with van der Waals surface area (Å²) in [5.41, 5.74) is 0. The molecule has 0 aromatic carbocycles. The summed E-state index contributed by atoms with van der Waals surface area (Å²) in [7, 11) is -1.91. The highest BCUT2D eigenvalue weighted by Gasteiger charge is 2.36. The number of rotatable bonds is 3. The SMILES string of the molecule is [2H]C(C=O)O[Si](C)(C)C(C)(C)C. The van der Waals surface area contributed by atoms with Gasteiger partial charge in [-0.2, -0.15) is 0 Å². The van der Waals surface area contributed by atoms with Crippen molar-refractivity contribution in [1.82, 2.24) is 0 Å². The smallest absolute Gasteiger partial charge is 0.192 e. The third-order valence-corrected chi connectivity index (χ3v) is 6.56. The van der Waals surface area contributed by atoms with Gasteiger partial charge < -0.3 is 9.22 Å². The van der Waals surface area contributed by atoms with Crippen molar-refractivity contribution in [3.63, 3.8) is 0 Å². The van der Waals surface area contributed by atoms with Crippen molar-refractivity contribution in [1.29, 1.82) is 0 Å². The highest BCUT2D eigenvalue weighted by Crippen LogP contribution is 2.36. The third kappa shape index (κ3) is 3.16. The van der Waals surface area contributed by atoms with E-state index in [1.807, 2.05) is 13.1 Å². The quantitative estimate of drug-likeness (QED) is 0.485. The van der Waals surface area contributed by atoms with Gasteiger partial charge in [-0.3, -0.25) is 0 Å². The molecule has 1 atom stereocenters. The number of carbonyl (C=O) groups excluding carboxylic acids is 1. The zero-order valence-electron chi connectivity index (χ0n) is 8.97. The molecule has 2 nitrogen and oxygen atoms in total. The van der Waals surface area contributed by atoms with Gasteiger partial charge in [-0.1, -0.05) is 20.8 Å². The van der Waals surface area contributed by atoms with Gasteiger partial charge in [-0.25, -0.2) is 0 Å². The maximum Gasteiger partial charge on any atom is 0.192 e. The van der Waals surface area contributed by atoms with Gasteiger partial charge in [0.25, 0.3) is 0 Å². The molecule has 0 rings (SSSR count). The Morgan fingerprint density at radius 3 is 2.27 bits per heavy atom. The molecule has 11 heavy (non-hydrogen) atoms. The van der Waals surface area contributed by atoms with Crippen LogP contribution in [0.2, 0.25) is 18.1 Å². The van der Waals surface area contributed by atoms with Crippen LogP contribution in [0.3, 0.4) is 0 Å². The molecule has 66 valence electrons. The summed E-state index contributed by atoms with van der Waals surface area (Å²) >= 11 is 0. The molecule has 0 aliphatic carbocycles. The van der Waals surface area contributed by atoms with Crippen molar-refractivity contribution in [2.75, 3.05) is 6.58 Å². The Morgan fingerprint density at radius 1 is 1.55 bits per heavy atom. The van der Waals surface area contributed by atoms with Crippen LogP contribution in [0, 0.1) is 0 Å². The van der Waals surface area contributed by atoms with Gasteiger partial charge >= 0.3 is 0 Å². The lowest BCUT2D eigenvalue weighted by Crippen LogP contribution is -2.41. The van der Waals surface area contributed by atoms with Crippen LogP contribution in [0.4, 0.5) is 0 Å². The molecule has 0 radical (unpaired) electrons. The molecule has 0 saturated heterocycles. The average Bonchev–Trinajstić information content (AvgIpc) is 1.84. The van der Waals surface area contributed by atoms with Crippen LogP contribution >= 0.6 is 0 Å². The monoisotopic (exact) mass is 175 g/mol. The van der Waals surface area contributed by atoms with E-state index in [-0.39, 0.29) is 5.04 Å². The molecule has 0 heterocycles. The predicted molar refractivity (Wildman–Crippen MR) is 49.2 cm³/mol. The Labute approximate surface area is 71.5 Å². The van der Waals surface area contributed by atoms with E-state index < -0.39 is 14.9 Å². The van der Waals surface area contributed by atoms with Gasteiger partial charge in [0.2, 0.25) is 0 Å². The standard InChI is InChI=1S/C8H18O2Si/c1-8(2,3)11(4,5)10-7-6-9/h6H,7H2,1-5H3/i7D. The summed E-state index contributed by atoms with van der Waals surface area (Å²) in [6.07, 6.45) is 0.528. The Hall–Kier alpha value is -0.153. The van der Waals surface area contributed by atoms with E-state index in [1.54, 1.807) is 0 Å². The fourth-order valence-corrected chi connectivity index (χ4v) is 1.12. The molecule has 0 aromatic heterocycles. The van der Waals surface area contributed by atoms with Crippen molar-refractivity contribution in [2.45, 2.75) is 38.9 Å². The fourth-order valence-electron chi connectivity index (χ4n) is 0.375. The van der Waals surface area contributed by atoms with Crippen molar-refractivity contribution in [2.24, 2.45) is 0 Å². The van der Waals surface area contributed by atoms with E-state index in [0.29, 0.717) is 6.29 Å². The first kappa shape index (κ1) is 8.94. The van der Waals surface area contributed by atoms with Crippen molar-refractivity contribution in [3.8, 4) is 0 Å². The lowest BCUT2D eigenvalue weighted by Gasteiger charge is -2.35. The highest BCUT2D eigenvalue weighted by molar-refractivity contribution is 6.74. The van der Waals surface area contributed by atoms with Crippen LogP contribution in [0.1, 0.15) is 22.1 Å². The van der Waals surface area contributed by atoms with Crippen LogP contribution < -0.4 is 0 Å². The minimum Gasteiger partial charge on any atom is -0.410 e. The second-order valence-corrected chi connectivity index (χ2v) is 8.91. The zero-order valence-corrected chi connectivity index (χ0v) is 8.97. The minimum absolute atomic E-state index is 0.0648. The highest BCUT2D eigenvalue weighted by atomic mass is 28.4. The Morgan fingerprint density at radius 2 is 2.00 bits per heavy atom. The molecule has 3 heteroatoms. The Kier molecular flexibility index (Phi) is 2.84. The van der Waals surface area contributed by atoms with Gasteiger partial charge in [-0.15, -0.1) is 0 Å². The van der Waals surface area contributed by atoms with E-state index in [0.717, 1.165) is 0 Å². The summed E-state index contributed by atoms with van der Waals surface area (Å²) < 4.78 is 12.6. The van der Waals surface area contributed by atoms with Gasteiger partial charge in [-0.05, 0) is 18.1 Å². The van der Waals surface area contributed by atoms with E-state index in [2.05, 4.69) is 20.8 Å². The lowest BCUT2D eigenvalue weighted by atomic mass is 10.2. The fraction of sp³-hybridized carbons (Fsp3) is 0.875. The minimum atomic E-state index is -1.91. The van der Waals surface area contributed by atoms with E-state index in [4.69, 9.17) is 5.80 Å². The van der Waals surface area contributed by atoms with E-state index in [9.17, 15) is 4.79 Å².